The molecule has 3 aromatic carbocycles. The number of rotatable bonds is 6. The summed E-state index contributed by atoms with van der Waals surface area (Å²) in [6.07, 6.45) is -1.35. The molecule has 1 amide bonds. The van der Waals surface area contributed by atoms with E-state index in [9.17, 15) is 23.6 Å². The Hall–Kier alpha value is -4.13. The van der Waals surface area contributed by atoms with Crippen LogP contribution in [0.3, 0.4) is 0 Å². The third-order valence-corrected chi connectivity index (χ3v) is 5.35. The topological polar surface area (TPSA) is 89.5 Å². The zero-order valence-corrected chi connectivity index (χ0v) is 17.0. The molecule has 160 valence electrons. The molecular weight excluding hydrogens is 413 g/mol. The number of para-hydroxylation sites is 1. The molecule has 0 aromatic heterocycles. The van der Waals surface area contributed by atoms with Crippen LogP contribution in [-0.4, -0.2) is 23.4 Å². The average Bonchev–Trinajstić information content (AvgIpc) is 3.12. The number of nitrogens with one attached hydrogen (secondary N) is 1. The number of esters is 1. The van der Waals surface area contributed by atoms with Gasteiger partial charge in [-0.1, -0.05) is 48.5 Å². The lowest BCUT2D eigenvalue weighted by Gasteiger charge is -2.21. The molecule has 1 aliphatic rings. The molecule has 2 atom stereocenters. The Morgan fingerprint density at radius 3 is 2.34 bits per heavy atom. The van der Waals surface area contributed by atoms with Crippen LogP contribution in [-0.2, 0) is 14.3 Å². The van der Waals surface area contributed by atoms with Crippen LogP contribution >= 0.6 is 0 Å². The molecule has 1 N–H and O–H groups in total. The van der Waals surface area contributed by atoms with Gasteiger partial charge in [0.1, 0.15) is 17.8 Å². The van der Waals surface area contributed by atoms with Gasteiger partial charge >= 0.3 is 5.97 Å². The van der Waals surface area contributed by atoms with Crippen LogP contribution < -0.4 is 5.32 Å². The third kappa shape index (κ3) is 3.80. The summed E-state index contributed by atoms with van der Waals surface area (Å²) in [5.74, 6) is -6.44. The van der Waals surface area contributed by atoms with Gasteiger partial charge in [-0.05, 0) is 36.8 Å². The van der Waals surface area contributed by atoms with Gasteiger partial charge in [-0.25, -0.2) is 9.18 Å². The zero-order chi connectivity index (χ0) is 22.8. The van der Waals surface area contributed by atoms with Gasteiger partial charge in [0.2, 0.25) is 5.78 Å². The summed E-state index contributed by atoms with van der Waals surface area (Å²) >= 11 is 0. The number of Topliss-reactive ketones (excluding diaryl/α,β-unsaturated/α-hetero) is 2. The maximum absolute atomic E-state index is 14.4. The van der Waals surface area contributed by atoms with Gasteiger partial charge in [0.05, 0.1) is 11.1 Å². The number of carbonyl (C=O) groups is 4. The van der Waals surface area contributed by atoms with Crippen LogP contribution in [0, 0.1) is 18.7 Å². The number of amides is 1. The fourth-order valence-corrected chi connectivity index (χ4v) is 3.68. The van der Waals surface area contributed by atoms with Crippen molar-refractivity contribution in [1.29, 1.82) is 0 Å². The zero-order valence-electron chi connectivity index (χ0n) is 17.0. The number of carbonyl (C=O) groups excluding carboxylic acids is 4. The van der Waals surface area contributed by atoms with Gasteiger partial charge in [-0.3, -0.25) is 14.4 Å². The summed E-state index contributed by atoms with van der Waals surface area (Å²) in [5, 5.41) is 2.50. The first-order valence-electron chi connectivity index (χ1n) is 9.88. The van der Waals surface area contributed by atoms with Gasteiger partial charge in [0.15, 0.2) is 5.78 Å². The Labute approximate surface area is 183 Å². The van der Waals surface area contributed by atoms with Crippen LogP contribution in [0.4, 0.5) is 10.1 Å². The first-order chi connectivity index (χ1) is 15.4. The predicted molar refractivity (Wildman–Crippen MR) is 114 cm³/mol. The van der Waals surface area contributed by atoms with Crippen molar-refractivity contribution < 1.29 is 28.3 Å². The first kappa shape index (κ1) is 21.1. The van der Waals surface area contributed by atoms with Crippen molar-refractivity contribution in [2.45, 2.75) is 13.0 Å². The third-order valence-electron chi connectivity index (χ3n) is 5.35. The molecule has 0 radical (unpaired) electrons. The number of anilines is 1. The number of ketones is 2. The number of hydrogen-bond donors (Lipinski definition) is 1. The highest BCUT2D eigenvalue weighted by atomic mass is 19.1. The van der Waals surface area contributed by atoms with E-state index >= 15 is 0 Å². The largest absolute Gasteiger partial charge is 0.453 e. The molecule has 4 rings (SSSR count). The number of ether oxygens (including phenoxy) is 1. The minimum absolute atomic E-state index is 0.191. The Kier molecular flexibility index (Phi) is 5.64. The van der Waals surface area contributed by atoms with Crippen LogP contribution in [0.2, 0.25) is 0 Å². The smallest absolute Gasteiger partial charge is 0.339 e. The summed E-state index contributed by atoms with van der Waals surface area (Å²) < 4.78 is 19.7. The van der Waals surface area contributed by atoms with E-state index < -0.39 is 41.3 Å². The number of cyclic esters (lactones) is 1. The number of aryl methyl sites for hydroxylation is 1. The van der Waals surface area contributed by atoms with E-state index in [0.717, 1.165) is 6.07 Å². The lowest BCUT2D eigenvalue weighted by Crippen LogP contribution is -2.38. The molecular formula is C25H18FNO5. The second kappa shape index (κ2) is 8.55. The van der Waals surface area contributed by atoms with Gasteiger partial charge in [0, 0.05) is 11.3 Å². The molecule has 0 fully saturated rings. The lowest BCUT2D eigenvalue weighted by molar-refractivity contribution is -0.138. The van der Waals surface area contributed by atoms with Crippen molar-refractivity contribution in [3.63, 3.8) is 0 Å². The summed E-state index contributed by atoms with van der Waals surface area (Å²) in [5.41, 5.74) is 1.23. The molecule has 7 heteroatoms. The number of benzene rings is 3. The Balaban J connectivity index is 1.74. The second-order valence-corrected chi connectivity index (χ2v) is 7.37. The van der Waals surface area contributed by atoms with E-state index in [2.05, 4.69) is 5.32 Å². The lowest BCUT2D eigenvalue weighted by atomic mass is 9.84. The Morgan fingerprint density at radius 1 is 0.938 bits per heavy atom. The normalized spacial score (nSPS) is 15.4. The monoisotopic (exact) mass is 431 g/mol. The molecule has 0 unspecified atom stereocenters. The molecule has 32 heavy (non-hydrogen) atoms. The van der Waals surface area contributed by atoms with Crippen LogP contribution in [0.15, 0.2) is 72.8 Å². The molecule has 1 aliphatic heterocycles. The minimum atomic E-state index is -1.75. The van der Waals surface area contributed by atoms with Crippen LogP contribution in [0.1, 0.15) is 37.9 Å². The minimum Gasteiger partial charge on any atom is -0.453 e. The summed E-state index contributed by atoms with van der Waals surface area (Å²) in [6, 6.07) is 18.2. The van der Waals surface area contributed by atoms with Gasteiger partial charge in [-0.15, -0.1) is 0 Å². The van der Waals surface area contributed by atoms with Crippen molar-refractivity contribution in [2.24, 2.45) is 5.92 Å². The van der Waals surface area contributed by atoms with E-state index in [1.165, 1.54) is 24.3 Å². The average molecular weight is 431 g/mol. The molecule has 0 saturated heterocycles. The molecule has 0 spiro atoms. The molecule has 1 heterocycles. The molecule has 0 bridgehead atoms. The van der Waals surface area contributed by atoms with Crippen molar-refractivity contribution in [3.8, 4) is 0 Å². The maximum Gasteiger partial charge on any atom is 0.339 e. The predicted octanol–water partition coefficient (Wildman–Crippen LogP) is 4.05. The van der Waals surface area contributed by atoms with E-state index in [1.54, 1.807) is 49.4 Å². The summed E-state index contributed by atoms with van der Waals surface area (Å²) in [7, 11) is 0. The number of hydrogen-bond acceptors (Lipinski definition) is 5. The van der Waals surface area contributed by atoms with E-state index in [1.807, 2.05) is 0 Å². The van der Waals surface area contributed by atoms with Crippen molar-refractivity contribution in [3.05, 3.63) is 101 Å². The Morgan fingerprint density at radius 2 is 1.59 bits per heavy atom. The highest BCUT2D eigenvalue weighted by Crippen LogP contribution is 2.38. The SMILES string of the molecule is Cc1ccccc1NC(=O)C(=O)[C@H](C(=O)c1ccccc1F)[C@@H]1OC(=O)c2ccccc21. The fourth-order valence-electron chi connectivity index (χ4n) is 3.68. The fraction of sp³-hybridized carbons (Fsp3) is 0.120. The van der Waals surface area contributed by atoms with Gasteiger partial charge < -0.3 is 10.1 Å². The maximum atomic E-state index is 14.4. The van der Waals surface area contributed by atoms with Crippen molar-refractivity contribution in [2.75, 3.05) is 5.32 Å². The number of fused-ring (bicyclic) bond motifs is 1. The summed E-state index contributed by atoms with van der Waals surface area (Å²) in [6.45, 7) is 1.75. The van der Waals surface area contributed by atoms with E-state index in [4.69, 9.17) is 4.74 Å². The highest BCUT2D eigenvalue weighted by Gasteiger charge is 2.46. The highest BCUT2D eigenvalue weighted by molar-refractivity contribution is 6.45. The molecule has 0 saturated carbocycles. The van der Waals surface area contributed by atoms with E-state index in [0.29, 0.717) is 16.8 Å². The van der Waals surface area contributed by atoms with Crippen LogP contribution in [0.25, 0.3) is 0 Å². The molecule has 3 aromatic rings. The van der Waals surface area contributed by atoms with Crippen molar-refractivity contribution in [1.82, 2.24) is 0 Å². The number of halogens is 1. The van der Waals surface area contributed by atoms with E-state index in [-0.39, 0.29) is 11.1 Å². The van der Waals surface area contributed by atoms with Gasteiger partial charge in [-0.2, -0.15) is 0 Å². The van der Waals surface area contributed by atoms with Crippen LogP contribution in [0.5, 0.6) is 0 Å². The first-order valence-corrected chi connectivity index (χ1v) is 9.88. The quantitative estimate of drug-likeness (QED) is 0.275. The molecule has 0 aliphatic carbocycles. The standard InChI is InChI=1S/C25H18FNO5/c1-14-8-2-7-13-19(14)27-24(30)22(29)20(21(28)17-11-5-6-12-18(17)26)23-15-9-3-4-10-16(15)25(31)32-23/h2-13,20,23H,1H3,(H,27,30)/t20-,23+/m0/s1. The van der Waals surface area contributed by atoms with Crippen molar-refractivity contribution >= 4 is 29.1 Å². The molecule has 6 nitrogen and oxygen atoms in total. The summed E-state index contributed by atoms with van der Waals surface area (Å²) in [4.78, 5) is 51.7. The second-order valence-electron chi connectivity index (χ2n) is 7.37. The van der Waals surface area contributed by atoms with Gasteiger partial charge in [0.25, 0.3) is 5.91 Å². The Bertz CT molecular complexity index is 1250.